The van der Waals surface area contributed by atoms with Crippen molar-refractivity contribution in [2.75, 3.05) is 26.2 Å². The third-order valence-corrected chi connectivity index (χ3v) is 4.49. The van der Waals surface area contributed by atoms with Crippen LogP contribution in [0.1, 0.15) is 32.1 Å². The quantitative estimate of drug-likeness (QED) is 0.351. The van der Waals surface area contributed by atoms with Gasteiger partial charge >= 0.3 is 16.4 Å². The lowest BCUT2D eigenvalue weighted by molar-refractivity contribution is -0.140. The molecule has 0 aromatic heterocycles. The number of hydroxylamine groups is 2. The van der Waals surface area contributed by atoms with Crippen molar-refractivity contribution in [3.05, 3.63) is 0 Å². The van der Waals surface area contributed by atoms with Gasteiger partial charge in [-0.15, -0.1) is 4.28 Å². The van der Waals surface area contributed by atoms with Crippen LogP contribution in [0.25, 0.3) is 0 Å². The van der Waals surface area contributed by atoms with Gasteiger partial charge in [-0.05, 0) is 44.6 Å². The van der Waals surface area contributed by atoms with E-state index in [1.165, 1.54) is 0 Å². The Hall–Kier alpha value is -1.47. The molecule has 0 bridgehead atoms. The van der Waals surface area contributed by atoms with Crippen LogP contribution in [-0.2, 0) is 24.3 Å². The summed E-state index contributed by atoms with van der Waals surface area (Å²) in [5.41, 5.74) is 3.96. The summed E-state index contributed by atoms with van der Waals surface area (Å²) < 4.78 is 33.4. The highest BCUT2D eigenvalue weighted by atomic mass is 32.3. The monoisotopic (exact) mass is 380 g/mol. The van der Waals surface area contributed by atoms with Gasteiger partial charge in [0.15, 0.2) is 0 Å². The Kier molecular flexibility index (Phi) is 7.38. The van der Waals surface area contributed by atoms with E-state index >= 15 is 0 Å². The third-order valence-electron chi connectivity index (χ3n) is 4.19. The second-order valence-corrected chi connectivity index (χ2v) is 7.14. The summed E-state index contributed by atoms with van der Waals surface area (Å²) in [6.45, 7) is 2.45. The lowest BCUT2D eigenvalue weighted by Gasteiger charge is -2.34. The minimum absolute atomic E-state index is 0.255. The van der Waals surface area contributed by atoms with E-state index in [-0.39, 0.29) is 6.54 Å². The number of carbonyl (C=O) groups excluding carboxylic acids is 2. The number of carbonyl (C=O) groups is 2. The van der Waals surface area contributed by atoms with Crippen molar-refractivity contribution in [2.24, 2.45) is 5.92 Å². The van der Waals surface area contributed by atoms with Crippen LogP contribution in [0, 0.1) is 5.92 Å². The Morgan fingerprint density at radius 2 is 2.00 bits per heavy atom. The molecule has 0 aliphatic carbocycles. The summed E-state index contributed by atoms with van der Waals surface area (Å²) in [6.07, 6.45) is 3.91. The number of nitrogens with zero attached hydrogens (tertiary/aromatic N) is 1. The molecule has 0 aromatic rings. The van der Waals surface area contributed by atoms with E-state index in [1.807, 2.05) is 0 Å². The highest BCUT2D eigenvalue weighted by molar-refractivity contribution is 7.80. The number of rotatable bonds is 6. The zero-order chi connectivity index (χ0) is 18.3. The fourth-order valence-electron chi connectivity index (χ4n) is 2.96. The lowest BCUT2D eigenvalue weighted by Crippen LogP contribution is -2.55. The maximum atomic E-state index is 12.3. The molecule has 2 heterocycles. The largest absolute Gasteiger partial charge is 0.418 e. The minimum atomic E-state index is -4.81. The predicted octanol–water partition coefficient (Wildman–Crippen LogP) is -0.668. The molecule has 2 fully saturated rings. The molecular formula is C13H24N4O7S. The Labute approximate surface area is 146 Å². The predicted molar refractivity (Wildman–Crippen MR) is 85.2 cm³/mol. The summed E-state index contributed by atoms with van der Waals surface area (Å²) in [4.78, 5) is 30.7. The van der Waals surface area contributed by atoms with E-state index in [1.54, 1.807) is 5.48 Å². The fourth-order valence-corrected chi connectivity index (χ4v) is 3.14. The van der Waals surface area contributed by atoms with E-state index in [0.29, 0.717) is 25.4 Å². The van der Waals surface area contributed by atoms with Crippen molar-refractivity contribution in [3.63, 3.8) is 0 Å². The summed E-state index contributed by atoms with van der Waals surface area (Å²) in [7, 11) is -4.81. The van der Waals surface area contributed by atoms with Crippen LogP contribution < -0.4 is 16.3 Å². The molecule has 25 heavy (non-hydrogen) atoms. The third kappa shape index (κ3) is 6.74. The summed E-state index contributed by atoms with van der Waals surface area (Å²) in [5, 5.41) is 3.25. The first-order valence-corrected chi connectivity index (χ1v) is 9.58. The van der Waals surface area contributed by atoms with Gasteiger partial charge in [-0.25, -0.2) is 10.3 Å². The molecule has 12 heteroatoms. The van der Waals surface area contributed by atoms with Crippen LogP contribution in [-0.4, -0.2) is 62.1 Å². The number of hydrogen-bond donors (Lipinski definition) is 4. The number of nitrogens with one attached hydrogen (secondary N) is 3. The van der Waals surface area contributed by atoms with E-state index < -0.39 is 28.4 Å². The Bertz CT molecular complexity index is 565. The second-order valence-electron chi connectivity index (χ2n) is 6.11. The molecular weight excluding hydrogens is 356 g/mol. The van der Waals surface area contributed by atoms with Crippen LogP contribution in [0.4, 0.5) is 4.79 Å². The van der Waals surface area contributed by atoms with Gasteiger partial charge in [-0.3, -0.25) is 14.2 Å². The smallest absolute Gasteiger partial charge is 0.316 e. The SMILES string of the molecule is O=C(NOCC1CCCNC1)[C@@H]1CCCCN1C(=O)NOS(=O)(=O)O. The van der Waals surface area contributed by atoms with E-state index in [0.717, 1.165) is 37.3 Å². The maximum Gasteiger partial charge on any atom is 0.418 e. The Morgan fingerprint density at radius 3 is 2.68 bits per heavy atom. The van der Waals surface area contributed by atoms with Gasteiger partial charge in [0.1, 0.15) is 6.04 Å². The summed E-state index contributed by atoms with van der Waals surface area (Å²) in [5.74, 6) is -0.159. The molecule has 2 atom stereocenters. The van der Waals surface area contributed by atoms with E-state index in [9.17, 15) is 18.0 Å². The van der Waals surface area contributed by atoms with Crippen molar-refractivity contribution < 1.29 is 31.7 Å². The van der Waals surface area contributed by atoms with E-state index in [2.05, 4.69) is 15.1 Å². The molecule has 3 amide bonds. The Morgan fingerprint density at radius 1 is 1.20 bits per heavy atom. The molecule has 0 saturated carbocycles. The Balaban J connectivity index is 1.81. The standard InChI is InChI=1S/C13H24N4O7S/c18-12(15-23-9-10-4-3-6-14-8-10)11-5-1-2-7-17(11)13(19)16-24-25(20,21)22/h10-11,14H,1-9H2,(H,15,18)(H,16,19)(H,20,21,22)/t10?,11-/m0/s1. The zero-order valence-corrected chi connectivity index (χ0v) is 14.6. The molecule has 2 aliphatic heterocycles. The molecule has 0 radical (unpaired) electrons. The number of piperidine rings is 2. The highest BCUT2D eigenvalue weighted by Gasteiger charge is 2.33. The van der Waals surface area contributed by atoms with Crippen molar-refractivity contribution in [1.29, 1.82) is 0 Å². The average Bonchev–Trinajstić information content (AvgIpc) is 2.60. The molecule has 0 spiro atoms. The first kappa shape index (κ1) is 19.8. The van der Waals surface area contributed by atoms with Crippen LogP contribution in [0.3, 0.4) is 0 Å². The van der Waals surface area contributed by atoms with Crippen molar-refractivity contribution in [1.82, 2.24) is 21.2 Å². The normalized spacial score (nSPS) is 24.6. The van der Waals surface area contributed by atoms with E-state index in [4.69, 9.17) is 9.39 Å². The molecule has 144 valence electrons. The van der Waals surface area contributed by atoms with Gasteiger partial charge in [-0.2, -0.15) is 13.9 Å². The van der Waals surface area contributed by atoms with Gasteiger partial charge in [0.25, 0.3) is 5.91 Å². The molecule has 1 unspecified atom stereocenters. The number of urea groups is 1. The van der Waals surface area contributed by atoms with Crippen molar-refractivity contribution >= 4 is 22.3 Å². The number of hydrogen-bond acceptors (Lipinski definition) is 7. The van der Waals surface area contributed by atoms with Crippen LogP contribution in [0.2, 0.25) is 0 Å². The van der Waals surface area contributed by atoms with Crippen LogP contribution in [0.5, 0.6) is 0 Å². The first-order valence-electron chi connectivity index (χ1n) is 8.21. The first-order chi connectivity index (χ1) is 11.9. The lowest BCUT2D eigenvalue weighted by atomic mass is 10.0. The van der Waals surface area contributed by atoms with Crippen LogP contribution in [0.15, 0.2) is 0 Å². The van der Waals surface area contributed by atoms with Gasteiger partial charge in [0.2, 0.25) is 0 Å². The fraction of sp³-hybridized carbons (Fsp3) is 0.846. The molecule has 2 aliphatic rings. The van der Waals surface area contributed by atoms with Crippen molar-refractivity contribution in [2.45, 2.75) is 38.1 Å². The van der Waals surface area contributed by atoms with Gasteiger partial charge < -0.3 is 10.2 Å². The molecule has 11 nitrogen and oxygen atoms in total. The van der Waals surface area contributed by atoms with Gasteiger partial charge in [-0.1, -0.05) is 0 Å². The topological polar surface area (TPSA) is 146 Å². The van der Waals surface area contributed by atoms with Crippen molar-refractivity contribution in [3.8, 4) is 0 Å². The molecule has 2 saturated heterocycles. The number of amides is 3. The average molecular weight is 380 g/mol. The zero-order valence-electron chi connectivity index (χ0n) is 13.8. The van der Waals surface area contributed by atoms with Gasteiger partial charge in [0.05, 0.1) is 6.61 Å². The molecule has 4 N–H and O–H groups in total. The maximum absolute atomic E-state index is 12.3. The summed E-state index contributed by atoms with van der Waals surface area (Å²) in [6, 6.07) is -1.72. The molecule has 2 rings (SSSR count). The second kappa shape index (κ2) is 9.29. The highest BCUT2D eigenvalue weighted by Crippen LogP contribution is 2.17. The molecule has 0 aromatic carbocycles. The number of likely N-dealkylation sites (tertiary alicyclic amines) is 1. The van der Waals surface area contributed by atoms with Crippen LogP contribution >= 0.6 is 0 Å². The summed E-state index contributed by atoms with van der Waals surface area (Å²) >= 11 is 0. The minimum Gasteiger partial charge on any atom is -0.316 e. The van der Waals surface area contributed by atoms with Gasteiger partial charge in [0, 0.05) is 13.1 Å².